The van der Waals surface area contributed by atoms with Gasteiger partial charge in [-0.3, -0.25) is 4.79 Å². The molecule has 0 saturated carbocycles. The number of pyridine rings is 1. The third kappa shape index (κ3) is 3.85. The summed E-state index contributed by atoms with van der Waals surface area (Å²) in [5.74, 6) is 0.206. The highest BCUT2D eigenvalue weighted by Gasteiger charge is 2.16. The van der Waals surface area contributed by atoms with Crippen LogP contribution in [-0.4, -0.2) is 17.0 Å². The zero-order valence-corrected chi connectivity index (χ0v) is 12.2. The van der Waals surface area contributed by atoms with E-state index in [1.807, 2.05) is 0 Å². The van der Waals surface area contributed by atoms with Gasteiger partial charge in [-0.1, -0.05) is 29.3 Å². The Morgan fingerprint density at radius 2 is 2.10 bits per heavy atom. The molecule has 2 aromatic rings. The smallest absolute Gasteiger partial charge is 0.265 e. The standard InChI is InChI=1S/C14H12Cl2N2O2/c1-9(20-11-5-2-4-10(15)8-11)14(19)18-12-6-3-7-17-13(12)16/h2-9H,1H3,(H,18,19)/t9-/m1/s1. The van der Waals surface area contributed by atoms with E-state index in [-0.39, 0.29) is 11.1 Å². The minimum absolute atomic E-state index is 0.232. The molecule has 0 radical (unpaired) electrons. The van der Waals surface area contributed by atoms with E-state index in [1.54, 1.807) is 49.5 Å². The average molecular weight is 311 g/mol. The fourth-order valence-corrected chi connectivity index (χ4v) is 1.86. The zero-order valence-electron chi connectivity index (χ0n) is 10.6. The van der Waals surface area contributed by atoms with Crippen LogP contribution in [-0.2, 0) is 4.79 Å². The Morgan fingerprint density at radius 1 is 1.30 bits per heavy atom. The number of anilines is 1. The van der Waals surface area contributed by atoms with Crippen molar-refractivity contribution in [3.63, 3.8) is 0 Å². The normalized spacial score (nSPS) is 11.8. The minimum Gasteiger partial charge on any atom is -0.481 e. The molecule has 1 heterocycles. The monoisotopic (exact) mass is 310 g/mol. The summed E-state index contributed by atoms with van der Waals surface area (Å²) in [4.78, 5) is 15.9. The lowest BCUT2D eigenvalue weighted by molar-refractivity contribution is -0.122. The molecule has 1 N–H and O–H groups in total. The minimum atomic E-state index is -0.690. The number of carbonyl (C=O) groups excluding carboxylic acids is 1. The second-order valence-corrected chi connectivity index (χ2v) is 4.84. The number of ether oxygens (including phenoxy) is 1. The molecule has 1 amide bonds. The average Bonchev–Trinajstić information content (AvgIpc) is 2.41. The van der Waals surface area contributed by atoms with Gasteiger partial charge in [0, 0.05) is 11.2 Å². The number of rotatable bonds is 4. The number of halogens is 2. The molecule has 1 aromatic heterocycles. The van der Waals surface area contributed by atoms with Crippen molar-refractivity contribution in [1.82, 2.24) is 4.98 Å². The van der Waals surface area contributed by atoms with Crippen molar-refractivity contribution >= 4 is 34.8 Å². The molecule has 0 fully saturated rings. The van der Waals surface area contributed by atoms with Gasteiger partial charge in [0.25, 0.3) is 5.91 Å². The zero-order chi connectivity index (χ0) is 14.5. The molecule has 6 heteroatoms. The number of hydrogen-bond donors (Lipinski definition) is 1. The van der Waals surface area contributed by atoms with Crippen LogP contribution >= 0.6 is 23.2 Å². The van der Waals surface area contributed by atoms with E-state index < -0.39 is 6.10 Å². The number of amides is 1. The summed E-state index contributed by atoms with van der Waals surface area (Å²) in [7, 11) is 0. The van der Waals surface area contributed by atoms with Crippen LogP contribution in [0.4, 0.5) is 5.69 Å². The fraction of sp³-hybridized carbons (Fsp3) is 0.143. The molecule has 2 rings (SSSR count). The number of aromatic nitrogens is 1. The van der Waals surface area contributed by atoms with Gasteiger partial charge < -0.3 is 10.1 Å². The van der Waals surface area contributed by atoms with Crippen LogP contribution in [0.5, 0.6) is 5.75 Å². The highest BCUT2D eigenvalue weighted by atomic mass is 35.5. The second-order valence-electron chi connectivity index (χ2n) is 4.05. The number of nitrogens with zero attached hydrogens (tertiary/aromatic N) is 1. The molecule has 0 unspecified atom stereocenters. The molecular formula is C14H12Cl2N2O2. The van der Waals surface area contributed by atoms with Gasteiger partial charge in [0.1, 0.15) is 5.75 Å². The molecule has 1 aromatic carbocycles. The van der Waals surface area contributed by atoms with Gasteiger partial charge in [0.15, 0.2) is 11.3 Å². The molecule has 0 bridgehead atoms. The lowest BCUT2D eigenvalue weighted by Gasteiger charge is -2.15. The maximum absolute atomic E-state index is 12.0. The van der Waals surface area contributed by atoms with E-state index in [9.17, 15) is 4.79 Å². The summed E-state index contributed by atoms with van der Waals surface area (Å²) in [6, 6.07) is 10.2. The Morgan fingerprint density at radius 3 is 2.80 bits per heavy atom. The van der Waals surface area contributed by atoms with Crippen LogP contribution in [0.2, 0.25) is 10.2 Å². The maximum Gasteiger partial charge on any atom is 0.265 e. The predicted octanol–water partition coefficient (Wildman–Crippen LogP) is 3.79. The van der Waals surface area contributed by atoms with Crippen LogP contribution in [0.1, 0.15) is 6.92 Å². The highest BCUT2D eigenvalue weighted by molar-refractivity contribution is 6.32. The van der Waals surface area contributed by atoms with Crippen LogP contribution in [0.3, 0.4) is 0 Å². The Kier molecular flexibility index (Phi) is 4.82. The summed E-state index contributed by atoms with van der Waals surface area (Å²) in [5, 5.41) is 3.43. The molecule has 0 aliphatic rings. The summed E-state index contributed by atoms with van der Waals surface area (Å²) < 4.78 is 5.51. The predicted molar refractivity (Wildman–Crippen MR) is 79.4 cm³/mol. The first-order valence-electron chi connectivity index (χ1n) is 5.90. The van der Waals surface area contributed by atoms with Crippen molar-refractivity contribution in [1.29, 1.82) is 0 Å². The third-order valence-electron chi connectivity index (χ3n) is 2.50. The topological polar surface area (TPSA) is 51.2 Å². The van der Waals surface area contributed by atoms with E-state index in [1.165, 1.54) is 0 Å². The van der Waals surface area contributed by atoms with Gasteiger partial charge in [-0.05, 0) is 37.3 Å². The van der Waals surface area contributed by atoms with Gasteiger partial charge in [-0.15, -0.1) is 0 Å². The van der Waals surface area contributed by atoms with Crippen LogP contribution in [0.15, 0.2) is 42.6 Å². The number of nitrogens with one attached hydrogen (secondary N) is 1. The molecule has 4 nitrogen and oxygen atoms in total. The molecule has 0 aliphatic heterocycles. The number of benzene rings is 1. The third-order valence-corrected chi connectivity index (χ3v) is 3.03. The van der Waals surface area contributed by atoms with Gasteiger partial charge in [-0.2, -0.15) is 0 Å². The van der Waals surface area contributed by atoms with Crippen molar-refractivity contribution in [2.45, 2.75) is 13.0 Å². The molecular weight excluding hydrogens is 299 g/mol. The second kappa shape index (κ2) is 6.59. The van der Waals surface area contributed by atoms with E-state index >= 15 is 0 Å². The van der Waals surface area contributed by atoms with E-state index in [4.69, 9.17) is 27.9 Å². The van der Waals surface area contributed by atoms with Crippen molar-refractivity contribution in [3.8, 4) is 5.75 Å². The molecule has 0 spiro atoms. The quantitative estimate of drug-likeness (QED) is 0.874. The van der Waals surface area contributed by atoms with Gasteiger partial charge in [0.2, 0.25) is 0 Å². The lowest BCUT2D eigenvalue weighted by Crippen LogP contribution is -2.30. The van der Waals surface area contributed by atoms with Gasteiger partial charge >= 0.3 is 0 Å². The summed E-state index contributed by atoms with van der Waals surface area (Å²) >= 11 is 11.7. The van der Waals surface area contributed by atoms with Crippen LogP contribution < -0.4 is 10.1 Å². The molecule has 20 heavy (non-hydrogen) atoms. The fourth-order valence-electron chi connectivity index (χ4n) is 1.51. The SMILES string of the molecule is C[C@@H](Oc1cccc(Cl)c1)C(=O)Nc1cccnc1Cl. The van der Waals surface area contributed by atoms with Crippen molar-refractivity contribution in [3.05, 3.63) is 52.8 Å². The lowest BCUT2D eigenvalue weighted by atomic mass is 10.3. The number of carbonyl (C=O) groups is 1. The molecule has 0 aliphatic carbocycles. The maximum atomic E-state index is 12.0. The van der Waals surface area contributed by atoms with Gasteiger partial charge in [0.05, 0.1) is 5.69 Å². The van der Waals surface area contributed by atoms with Crippen LogP contribution in [0, 0.1) is 0 Å². The van der Waals surface area contributed by atoms with Crippen LogP contribution in [0.25, 0.3) is 0 Å². The first-order chi connectivity index (χ1) is 9.56. The number of hydrogen-bond acceptors (Lipinski definition) is 3. The van der Waals surface area contributed by atoms with E-state index in [0.717, 1.165) is 0 Å². The van der Waals surface area contributed by atoms with E-state index in [0.29, 0.717) is 16.5 Å². The van der Waals surface area contributed by atoms with Crippen molar-refractivity contribution in [2.24, 2.45) is 0 Å². The van der Waals surface area contributed by atoms with Gasteiger partial charge in [-0.25, -0.2) is 4.98 Å². The van der Waals surface area contributed by atoms with E-state index in [2.05, 4.69) is 10.3 Å². The highest BCUT2D eigenvalue weighted by Crippen LogP contribution is 2.20. The summed E-state index contributed by atoms with van der Waals surface area (Å²) in [6.07, 6.45) is 0.855. The molecule has 104 valence electrons. The first kappa shape index (κ1) is 14.6. The van der Waals surface area contributed by atoms with Crippen molar-refractivity contribution in [2.75, 3.05) is 5.32 Å². The Balaban J connectivity index is 2.01. The Bertz CT molecular complexity index is 620. The molecule has 0 saturated heterocycles. The van der Waals surface area contributed by atoms with Crippen molar-refractivity contribution < 1.29 is 9.53 Å². The first-order valence-corrected chi connectivity index (χ1v) is 6.65. The summed E-state index contributed by atoms with van der Waals surface area (Å²) in [5.41, 5.74) is 0.445. The largest absolute Gasteiger partial charge is 0.481 e. The Hall–Kier alpha value is -1.78. The Labute approximate surface area is 126 Å². The molecule has 1 atom stereocenters. The summed E-state index contributed by atoms with van der Waals surface area (Å²) in [6.45, 7) is 1.64.